The average Bonchev–Trinajstić information content (AvgIpc) is 2.52. The number of aromatic carboxylic acids is 1. The molecule has 122 valence electrons. The van der Waals surface area contributed by atoms with E-state index >= 15 is 0 Å². The maximum absolute atomic E-state index is 10.9. The highest BCUT2D eigenvalue weighted by Crippen LogP contribution is 2.25. The van der Waals surface area contributed by atoms with Gasteiger partial charge in [0.15, 0.2) is 5.16 Å². The lowest BCUT2D eigenvalue weighted by molar-refractivity contribution is -0.255. The minimum absolute atomic E-state index is 0.189. The molecule has 1 aromatic carbocycles. The molecule has 2 rings (SSSR count). The Labute approximate surface area is 140 Å². The summed E-state index contributed by atoms with van der Waals surface area (Å²) in [4.78, 5) is 22.0. The van der Waals surface area contributed by atoms with Crippen LogP contribution in [-0.2, 0) is 5.75 Å². The quantitative estimate of drug-likeness (QED) is 0.598. The standard InChI is InChI=1S/C17H21N3O2S/c1-11(2)14-9-15(20(3)4)19-17(18-14)23-10-12-6-5-7-13(8-12)16(21)22/h5-9,11H,10H2,1-4H3,(H,21,22)/p-1. The summed E-state index contributed by atoms with van der Waals surface area (Å²) in [6, 6.07) is 8.76. The molecule has 0 spiro atoms. The first kappa shape index (κ1) is 17.3. The number of carbonyl (C=O) groups excluding carboxylic acids is 1. The van der Waals surface area contributed by atoms with Crippen molar-refractivity contribution >= 4 is 23.5 Å². The van der Waals surface area contributed by atoms with Crippen molar-refractivity contribution in [3.63, 3.8) is 0 Å². The molecule has 0 bridgehead atoms. The molecule has 23 heavy (non-hydrogen) atoms. The molecule has 0 radical (unpaired) electrons. The smallest absolute Gasteiger partial charge is 0.190 e. The predicted molar refractivity (Wildman–Crippen MR) is 90.8 cm³/mol. The van der Waals surface area contributed by atoms with Gasteiger partial charge in [-0.15, -0.1) is 0 Å². The van der Waals surface area contributed by atoms with Gasteiger partial charge in [-0.05, 0) is 23.1 Å². The Morgan fingerprint density at radius 3 is 2.61 bits per heavy atom. The van der Waals surface area contributed by atoms with Gasteiger partial charge < -0.3 is 14.8 Å². The first-order valence-electron chi connectivity index (χ1n) is 7.36. The van der Waals surface area contributed by atoms with Crippen molar-refractivity contribution in [2.75, 3.05) is 19.0 Å². The van der Waals surface area contributed by atoms with Crippen LogP contribution in [0, 0.1) is 0 Å². The normalized spacial score (nSPS) is 10.8. The molecule has 0 saturated carbocycles. The summed E-state index contributed by atoms with van der Waals surface area (Å²) in [6.07, 6.45) is 0. The van der Waals surface area contributed by atoms with E-state index in [4.69, 9.17) is 0 Å². The van der Waals surface area contributed by atoms with Gasteiger partial charge in [-0.25, -0.2) is 9.97 Å². The molecule has 0 amide bonds. The Hall–Kier alpha value is -2.08. The van der Waals surface area contributed by atoms with Crippen LogP contribution >= 0.6 is 11.8 Å². The minimum atomic E-state index is -1.16. The van der Waals surface area contributed by atoms with Gasteiger partial charge in [-0.2, -0.15) is 0 Å². The van der Waals surface area contributed by atoms with Crippen LogP contribution in [0.3, 0.4) is 0 Å². The molecule has 0 aliphatic heterocycles. The third-order valence-electron chi connectivity index (χ3n) is 3.29. The molecule has 0 unspecified atom stereocenters. The Balaban J connectivity index is 2.19. The number of hydrogen-bond acceptors (Lipinski definition) is 6. The van der Waals surface area contributed by atoms with E-state index in [2.05, 4.69) is 23.8 Å². The SMILES string of the molecule is CC(C)c1cc(N(C)C)nc(SCc2cccc(C(=O)[O-])c2)n1. The fraction of sp³-hybridized carbons (Fsp3) is 0.353. The maximum Gasteiger partial charge on any atom is 0.190 e. The lowest BCUT2D eigenvalue weighted by Crippen LogP contribution is -2.22. The number of hydrogen-bond donors (Lipinski definition) is 0. The van der Waals surface area contributed by atoms with Gasteiger partial charge in [0.05, 0.1) is 5.97 Å². The molecular formula is C17H20N3O2S-. The van der Waals surface area contributed by atoms with Crippen molar-refractivity contribution in [1.82, 2.24) is 9.97 Å². The minimum Gasteiger partial charge on any atom is -0.545 e. The zero-order valence-corrected chi connectivity index (χ0v) is 14.6. The van der Waals surface area contributed by atoms with Crippen molar-refractivity contribution in [3.05, 3.63) is 47.2 Å². The number of carboxylic acid groups (broad SMARTS) is 1. The molecule has 1 aromatic heterocycles. The van der Waals surface area contributed by atoms with Crippen molar-refractivity contribution in [3.8, 4) is 0 Å². The monoisotopic (exact) mass is 330 g/mol. The second-order valence-electron chi connectivity index (χ2n) is 5.76. The van der Waals surface area contributed by atoms with Crippen LogP contribution in [0.15, 0.2) is 35.5 Å². The summed E-state index contributed by atoms with van der Waals surface area (Å²) >= 11 is 1.49. The average molecular weight is 330 g/mol. The van der Waals surface area contributed by atoms with Gasteiger partial charge >= 0.3 is 0 Å². The van der Waals surface area contributed by atoms with Crippen molar-refractivity contribution in [2.45, 2.75) is 30.7 Å². The summed E-state index contributed by atoms with van der Waals surface area (Å²) < 4.78 is 0. The molecule has 0 atom stereocenters. The van der Waals surface area contributed by atoms with E-state index in [1.807, 2.05) is 31.1 Å². The zero-order chi connectivity index (χ0) is 17.0. The van der Waals surface area contributed by atoms with Crippen LogP contribution in [0.2, 0.25) is 0 Å². The number of carbonyl (C=O) groups is 1. The molecule has 1 heterocycles. The first-order chi connectivity index (χ1) is 10.9. The lowest BCUT2D eigenvalue weighted by atomic mass is 10.1. The van der Waals surface area contributed by atoms with Gasteiger partial charge in [-0.3, -0.25) is 0 Å². The topological polar surface area (TPSA) is 69.2 Å². The highest BCUT2D eigenvalue weighted by Gasteiger charge is 2.10. The van der Waals surface area contributed by atoms with Gasteiger partial charge in [0, 0.05) is 31.6 Å². The highest BCUT2D eigenvalue weighted by atomic mass is 32.2. The Morgan fingerprint density at radius 2 is 2.00 bits per heavy atom. The molecule has 0 fully saturated rings. The van der Waals surface area contributed by atoms with Crippen LogP contribution in [0.5, 0.6) is 0 Å². The summed E-state index contributed by atoms with van der Waals surface area (Å²) in [5.74, 6) is 0.632. The molecule has 6 heteroatoms. The molecule has 0 aliphatic carbocycles. The van der Waals surface area contributed by atoms with E-state index < -0.39 is 5.97 Å². The van der Waals surface area contributed by atoms with Gasteiger partial charge in [-0.1, -0.05) is 43.8 Å². The number of rotatable bonds is 6. The fourth-order valence-electron chi connectivity index (χ4n) is 1.96. The molecule has 0 aliphatic rings. The van der Waals surface area contributed by atoms with Crippen LogP contribution in [0.4, 0.5) is 5.82 Å². The predicted octanol–water partition coefficient (Wildman–Crippen LogP) is 2.32. The van der Waals surface area contributed by atoms with Crippen LogP contribution in [0.1, 0.15) is 41.4 Å². The van der Waals surface area contributed by atoms with Crippen LogP contribution in [-0.4, -0.2) is 30.0 Å². The van der Waals surface area contributed by atoms with Crippen LogP contribution < -0.4 is 10.0 Å². The second kappa shape index (κ2) is 7.46. The van der Waals surface area contributed by atoms with E-state index in [0.29, 0.717) is 16.8 Å². The van der Waals surface area contributed by atoms with E-state index in [-0.39, 0.29) is 5.56 Å². The largest absolute Gasteiger partial charge is 0.545 e. The van der Waals surface area contributed by atoms with E-state index in [0.717, 1.165) is 17.1 Å². The molecule has 0 saturated heterocycles. The third kappa shape index (κ3) is 4.69. The number of benzene rings is 1. The van der Waals surface area contributed by atoms with Crippen molar-refractivity contribution < 1.29 is 9.90 Å². The van der Waals surface area contributed by atoms with Gasteiger partial charge in [0.25, 0.3) is 0 Å². The molecule has 5 nitrogen and oxygen atoms in total. The summed E-state index contributed by atoms with van der Waals surface area (Å²) in [5.41, 5.74) is 2.09. The first-order valence-corrected chi connectivity index (χ1v) is 8.34. The molecule has 2 aromatic rings. The van der Waals surface area contributed by atoms with Gasteiger partial charge in [0.2, 0.25) is 0 Å². The lowest BCUT2D eigenvalue weighted by Gasteiger charge is -2.15. The maximum atomic E-state index is 10.9. The Bertz CT molecular complexity index is 676. The Kier molecular flexibility index (Phi) is 5.60. The van der Waals surface area contributed by atoms with Crippen LogP contribution in [0.25, 0.3) is 0 Å². The summed E-state index contributed by atoms with van der Waals surface area (Å²) in [7, 11) is 3.90. The Morgan fingerprint density at radius 1 is 1.26 bits per heavy atom. The molecular weight excluding hydrogens is 310 g/mol. The number of aromatic nitrogens is 2. The zero-order valence-electron chi connectivity index (χ0n) is 13.7. The number of carboxylic acids is 1. The molecule has 0 N–H and O–H groups in total. The summed E-state index contributed by atoms with van der Waals surface area (Å²) in [6.45, 7) is 4.19. The fourth-order valence-corrected chi connectivity index (χ4v) is 2.76. The third-order valence-corrected chi connectivity index (χ3v) is 4.21. The number of nitrogens with zero attached hydrogens (tertiary/aromatic N) is 3. The van der Waals surface area contributed by atoms with Crippen molar-refractivity contribution in [2.24, 2.45) is 0 Å². The van der Waals surface area contributed by atoms with E-state index in [1.54, 1.807) is 12.1 Å². The summed E-state index contributed by atoms with van der Waals surface area (Å²) in [5, 5.41) is 11.6. The van der Waals surface area contributed by atoms with E-state index in [1.165, 1.54) is 17.8 Å². The van der Waals surface area contributed by atoms with E-state index in [9.17, 15) is 9.90 Å². The number of thioether (sulfide) groups is 1. The van der Waals surface area contributed by atoms with Crippen molar-refractivity contribution in [1.29, 1.82) is 0 Å². The highest BCUT2D eigenvalue weighted by molar-refractivity contribution is 7.98. The second-order valence-corrected chi connectivity index (χ2v) is 6.70. The van der Waals surface area contributed by atoms with Gasteiger partial charge in [0.1, 0.15) is 5.82 Å². The number of anilines is 1.